The van der Waals surface area contributed by atoms with Crippen LogP contribution in [-0.4, -0.2) is 13.2 Å². The third kappa shape index (κ3) is 3.19. The van der Waals surface area contributed by atoms with Gasteiger partial charge in [0.1, 0.15) is 0 Å². The highest BCUT2D eigenvalue weighted by atomic mass is 79.9. The highest BCUT2D eigenvalue weighted by Crippen LogP contribution is 2.39. The van der Waals surface area contributed by atoms with Crippen LogP contribution in [0.2, 0.25) is 5.02 Å². The minimum atomic E-state index is 0.0772. The highest BCUT2D eigenvalue weighted by Gasteiger charge is 2.17. The van der Waals surface area contributed by atoms with Crippen molar-refractivity contribution in [3.8, 4) is 11.5 Å². The molecule has 3 rings (SSSR count). The molecule has 1 aliphatic rings. The second-order valence-corrected chi connectivity index (χ2v) is 6.47. The molecule has 0 radical (unpaired) electrons. The summed E-state index contributed by atoms with van der Waals surface area (Å²) < 4.78 is 11.4. The quantitative estimate of drug-likeness (QED) is 0.671. The zero-order valence-electron chi connectivity index (χ0n) is 11.7. The van der Waals surface area contributed by atoms with Crippen LogP contribution in [0.25, 0.3) is 0 Å². The first-order valence-electron chi connectivity index (χ1n) is 6.95. The number of benzene rings is 2. The summed E-state index contributed by atoms with van der Waals surface area (Å²) in [6.45, 7) is 3.49. The van der Waals surface area contributed by atoms with Crippen molar-refractivity contribution in [3.05, 3.63) is 58.1 Å². The van der Waals surface area contributed by atoms with Gasteiger partial charge in [-0.1, -0.05) is 39.7 Å². The highest BCUT2D eigenvalue weighted by molar-refractivity contribution is 9.09. The number of fused-ring (bicyclic) bond motifs is 1. The molecule has 1 heterocycles. The van der Waals surface area contributed by atoms with E-state index in [0.717, 1.165) is 34.1 Å². The fourth-order valence-corrected chi connectivity index (χ4v) is 3.36. The Labute approximate surface area is 138 Å². The normalized spacial score (nSPS) is 15.4. The molecular weight excluding hydrogens is 352 g/mol. The Hall–Kier alpha value is -1.19. The Bertz CT molecular complexity index is 657. The van der Waals surface area contributed by atoms with Gasteiger partial charge in [0, 0.05) is 11.4 Å². The summed E-state index contributed by atoms with van der Waals surface area (Å²) >= 11 is 9.89. The molecule has 21 heavy (non-hydrogen) atoms. The van der Waals surface area contributed by atoms with Crippen LogP contribution in [0.5, 0.6) is 11.5 Å². The van der Waals surface area contributed by atoms with Crippen LogP contribution in [0, 0.1) is 6.92 Å². The van der Waals surface area contributed by atoms with Crippen molar-refractivity contribution < 1.29 is 9.47 Å². The van der Waals surface area contributed by atoms with Crippen molar-refractivity contribution in [1.82, 2.24) is 0 Å². The van der Waals surface area contributed by atoms with Crippen molar-refractivity contribution in [2.75, 3.05) is 13.2 Å². The summed E-state index contributed by atoms with van der Waals surface area (Å²) in [6, 6.07) is 12.0. The minimum Gasteiger partial charge on any atom is -0.490 e. The van der Waals surface area contributed by atoms with E-state index >= 15 is 0 Å². The first kappa shape index (κ1) is 14.7. The van der Waals surface area contributed by atoms with Crippen LogP contribution in [-0.2, 0) is 0 Å². The Kier molecular flexibility index (Phi) is 4.41. The molecule has 0 amide bonds. The second kappa shape index (κ2) is 6.29. The molecule has 0 aromatic heterocycles. The minimum absolute atomic E-state index is 0.0772. The summed E-state index contributed by atoms with van der Waals surface area (Å²) in [5, 5.41) is 0.745. The van der Waals surface area contributed by atoms with Crippen LogP contribution >= 0.6 is 27.5 Å². The maximum Gasteiger partial charge on any atom is 0.161 e. The van der Waals surface area contributed by atoms with E-state index in [4.69, 9.17) is 21.1 Å². The summed E-state index contributed by atoms with van der Waals surface area (Å²) in [5.74, 6) is 1.63. The van der Waals surface area contributed by atoms with Crippen LogP contribution in [0.15, 0.2) is 36.4 Å². The standard InChI is InChI=1S/C17H16BrClO2/c1-11-3-5-13(19)10-14(11)17(18)12-4-6-15-16(9-12)21-8-2-7-20-15/h3-6,9-10,17H,2,7-8H2,1H3. The molecule has 0 spiro atoms. The van der Waals surface area contributed by atoms with Crippen molar-refractivity contribution in [2.45, 2.75) is 18.2 Å². The second-order valence-electron chi connectivity index (χ2n) is 5.12. The lowest BCUT2D eigenvalue weighted by Crippen LogP contribution is -1.98. The number of ether oxygens (including phenoxy) is 2. The topological polar surface area (TPSA) is 18.5 Å². The fourth-order valence-electron chi connectivity index (χ4n) is 2.40. The molecule has 0 bridgehead atoms. The van der Waals surface area contributed by atoms with Gasteiger partial charge in [0.25, 0.3) is 0 Å². The van der Waals surface area contributed by atoms with Gasteiger partial charge < -0.3 is 9.47 Å². The molecule has 1 aliphatic heterocycles. The third-order valence-electron chi connectivity index (χ3n) is 3.58. The maximum atomic E-state index is 6.12. The van der Waals surface area contributed by atoms with E-state index in [1.165, 1.54) is 5.56 Å². The van der Waals surface area contributed by atoms with Gasteiger partial charge in [0.05, 0.1) is 18.0 Å². The summed E-state index contributed by atoms with van der Waals surface area (Å²) in [6.07, 6.45) is 0.912. The molecule has 1 unspecified atom stereocenters. The van der Waals surface area contributed by atoms with E-state index in [0.29, 0.717) is 13.2 Å². The number of rotatable bonds is 2. The van der Waals surface area contributed by atoms with Gasteiger partial charge in [0.15, 0.2) is 11.5 Å². The zero-order chi connectivity index (χ0) is 14.8. The number of halogens is 2. The van der Waals surface area contributed by atoms with Crippen LogP contribution in [0.1, 0.15) is 27.9 Å². The lowest BCUT2D eigenvalue weighted by Gasteiger charge is -2.16. The summed E-state index contributed by atoms with van der Waals surface area (Å²) in [4.78, 5) is 0.0772. The Balaban J connectivity index is 1.96. The molecule has 0 aliphatic carbocycles. The lowest BCUT2D eigenvalue weighted by molar-refractivity contribution is 0.297. The van der Waals surface area contributed by atoms with E-state index in [9.17, 15) is 0 Å². The van der Waals surface area contributed by atoms with Crippen molar-refractivity contribution in [3.63, 3.8) is 0 Å². The van der Waals surface area contributed by atoms with Crippen LogP contribution < -0.4 is 9.47 Å². The van der Waals surface area contributed by atoms with Crippen molar-refractivity contribution in [1.29, 1.82) is 0 Å². The van der Waals surface area contributed by atoms with Gasteiger partial charge in [-0.25, -0.2) is 0 Å². The van der Waals surface area contributed by atoms with Crippen LogP contribution in [0.4, 0.5) is 0 Å². The summed E-state index contributed by atoms with van der Waals surface area (Å²) in [5.41, 5.74) is 3.50. The SMILES string of the molecule is Cc1ccc(Cl)cc1C(Br)c1ccc2c(c1)OCCCO2. The Morgan fingerprint density at radius 2 is 1.81 bits per heavy atom. The molecule has 110 valence electrons. The van der Waals surface area contributed by atoms with E-state index in [2.05, 4.69) is 28.9 Å². The van der Waals surface area contributed by atoms with Gasteiger partial charge in [-0.3, -0.25) is 0 Å². The first-order chi connectivity index (χ1) is 10.1. The Morgan fingerprint density at radius 1 is 1.05 bits per heavy atom. The predicted molar refractivity (Wildman–Crippen MR) is 89.0 cm³/mol. The summed E-state index contributed by atoms with van der Waals surface area (Å²) in [7, 11) is 0. The molecule has 0 N–H and O–H groups in total. The monoisotopic (exact) mass is 366 g/mol. The average Bonchev–Trinajstić information content (AvgIpc) is 2.73. The number of hydrogen-bond donors (Lipinski definition) is 0. The number of hydrogen-bond acceptors (Lipinski definition) is 2. The van der Waals surface area contributed by atoms with Gasteiger partial charge in [-0.2, -0.15) is 0 Å². The largest absolute Gasteiger partial charge is 0.490 e. The molecule has 0 saturated heterocycles. The predicted octanol–water partition coefficient (Wildman–Crippen LogP) is 5.29. The molecule has 2 aromatic rings. The van der Waals surface area contributed by atoms with E-state index in [1.807, 2.05) is 30.3 Å². The van der Waals surface area contributed by atoms with Crippen molar-refractivity contribution >= 4 is 27.5 Å². The van der Waals surface area contributed by atoms with Gasteiger partial charge >= 0.3 is 0 Å². The zero-order valence-corrected chi connectivity index (χ0v) is 14.1. The molecular formula is C17H16BrClO2. The number of aryl methyl sites for hydroxylation is 1. The first-order valence-corrected chi connectivity index (χ1v) is 8.24. The Morgan fingerprint density at radius 3 is 2.62 bits per heavy atom. The van der Waals surface area contributed by atoms with E-state index < -0.39 is 0 Å². The fraction of sp³-hybridized carbons (Fsp3) is 0.294. The molecule has 2 aromatic carbocycles. The third-order valence-corrected chi connectivity index (χ3v) is 4.84. The van der Waals surface area contributed by atoms with Gasteiger partial charge in [0.2, 0.25) is 0 Å². The van der Waals surface area contributed by atoms with E-state index in [-0.39, 0.29) is 4.83 Å². The smallest absolute Gasteiger partial charge is 0.161 e. The van der Waals surface area contributed by atoms with E-state index in [1.54, 1.807) is 0 Å². The van der Waals surface area contributed by atoms with Gasteiger partial charge in [-0.15, -0.1) is 0 Å². The maximum absolute atomic E-state index is 6.12. The molecule has 0 saturated carbocycles. The average molecular weight is 368 g/mol. The number of alkyl halides is 1. The van der Waals surface area contributed by atoms with Gasteiger partial charge in [-0.05, 0) is 47.9 Å². The molecule has 4 heteroatoms. The van der Waals surface area contributed by atoms with Crippen LogP contribution in [0.3, 0.4) is 0 Å². The lowest BCUT2D eigenvalue weighted by atomic mass is 10.00. The van der Waals surface area contributed by atoms with Crippen molar-refractivity contribution in [2.24, 2.45) is 0 Å². The molecule has 1 atom stereocenters. The molecule has 2 nitrogen and oxygen atoms in total. The molecule has 0 fully saturated rings.